The van der Waals surface area contributed by atoms with Gasteiger partial charge in [0, 0.05) is 24.0 Å². The molecule has 0 bridgehead atoms. The Labute approximate surface area is 200 Å². The maximum atomic E-state index is 13.7. The van der Waals surface area contributed by atoms with E-state index < -0.39 is 6.04 Å². The molecular weight excluding hydrogens is 446 g/mol. The van der Waals surface area contributed by atoms with E-state index in [9.17, 15) is 9.59 Å². The van der Waals surface area contributed by atoms with E-state index in [-0.39, 0.29) is 11.5 Å². The van der Waals surface area contributed by atoms with Gasteiger partial charge in [0.2, 0.25) is 0 Å². The highest BCUT2D eigenvalue weighted by Crippen LogP contribution is 2.32. The summed E-state index contributed by atoms with van der Waals surface area (Å²) in [5, 5.41) is 7.34. The zero-order valence-electron chi connectivity index (χ0n) is 19.0. The highest BCUT2D eigenvalue weighted by molar-refractivity contribution is 7.07. The lowest BCUT2D eigenvalue weighted by Crippen LogP contribution is -2.40. The third kappa shape index (κ3) is 3.82. The van der Waals surface area contributed by atoms with Crippen LogP contribution >= 0.6 is 11.3 Å². The summed E-state index contributed by atoms with van der Waals surface area (Å²) in [5.74, 6) is -0.293. The van der Waals surface area contributed by atoms with Crippen molar-refractivity contribution in [2.24, 2.45) is 12.0 Å². The highest BCUT2D eigenvalue weighted by Gasteiger charge is 2.34. The van der Waals surface area contributed by atoms with Gasteiger partial charge in [0.25, 0.3) is 11.5 Å². The molecular formula is C26H23N5O2S. The molecule has 0 saturated heterocycles. The van der Waals surface area contributed by atoms with Gasteiger partial charge in [-0.05, 0) is 37.6 Å². The molecule has 5 rings (SSSR count). The molecule has 0 aliphatic carbocycles. The van der Waals surface area contributed by atoms with E-state index in [1.165, 1.54) is 11.3 Å². The van der Waals surface area contributed by atoms with E-state index in [0.29, 0.717) is 26.3 Å². The number of amides is 1. The predicted molar refractivity (Wildman–Crippen MR) is 133 cm³/mol. The number of anilines is 1. The summed E-state index contributed by atoms with van der Waals surface area (Å²) < 4.78 is 3.93. The van der Waals surface area contributed by atoms with Crippen LogP contribution in [0.3, 0.4) is 0 Å². The molecule has 1 unspecified atom stereocenters. The van der Waals surface area contributed by atoms with E-state index >= 15 is 0 Å². The minimum absolute atomic E-state index is 0.182. The van der Waals surface area contributed by atoms with E-state index in [2.05, 4.69) is 15.4 Å². The van der Waals surface area contributed by atoms with Crippen LogP contribution in [0.5, 0.6) is 0 Å². The van der Waals surface area contributed by atoms with E-state index in [1.807, 2.05) is 87.6 Å². The Balaban J connectivity index is 1.70. The van der Waals surface area contributed by atoms with Crippen molar-refractivity contribution in [1.29, 1.82) is 0 Å². The van der Waals surface area contributed by atoms with Gasteiger partial charge >= 0.3 is 0 Å². The summed E-state index contributed by atoms with van der Waals surface area (Å²) in [4.78, 5) is 32.4. The second kappa shape index (κ2) is 8.72. The van der Waals surface area contributed by atoms with Gasteiger partial charge in [0.05, 0.1) is 22.0 Å². The zero-order valence-corrected chi connectivity index (χ0v) is 19.8. The minimum atomic E-state index is -0.633. The van der Waals surface area contributed by atoms with Gasteiger partial charge in [0.1, 0.15) is 6.04 Å². The fourth-order valence-corrected chi connectivity index (χ4v) is 5.16. The number of nitrogens with zero attached hydrogens (tertiary/aromatic N) is 4. The van der Waals surface area contributed by atoms with Crippen molar-refractivity contribution in [2.75, 3.05) is 5.32 Å². The second-order valence-electron chi connectivity index (χ2n) is 8.12. The van der Waals surface area contributed by atoms with Crippen LogP contribution in [0.15, 0.2) is 87.9 Å². The number of nitrogens with one attached hydrogen (secondary N) is 1. The molecule has 2 aromatic heterocycles. The Hall–Kier alpha value is -4.04. The summed E-state index contributed by atoms with van der Waals surface area (Å²) in [6.45, 7) is 3.75. The van der Waals surface area contributed by atoms with Gasteiger partial charge < -0.3 is 5.32 Å². The Morgan fingerprint density at radius 3 is 2.38 bits per heavy atom. The third-order valence-electron chi connectivity index (χ3n) is 5.96. The smallest absolute Gasteiger partial charge is 0.271 e. The first-order valence-corrected chi connectivity index (χ1v) is 11.7. The van der Waals surface area contributed by atoms with E-state index in [0.717, 1.165) is 16.8 Å². The molecule has 4 aromatic rings. The number of carbonyl (C=O) groups excluding carboxylic acids is 1. The highest BCUT2D eigenvalue weighted by atomic mass is 32.1. The molecule has 1 N–H and O–H groups in total. The van der Waals surface area contributed by atoms with Gasteiger partial charge in [-0.15, -0.1) is 0 Å². The van der Waals surface area contributed by atoms with Crippen molar-refractivity contribution in [3.63, 3.8) is 0 Å². The Morgan fingerprint density at radius 2 is 1.74 bits per heavy atom. The van der Waals surface area contributed by atoms with Crippen LogP contribution in [0, 0.1) is 6.92 Å². The second-order valence-corrected chi connectivity index (χ2v) is 9.13. The van der Waals surface area contributed by atoms with Crippen molar-refractivity contribution in [2.45, 2.75) is 19.9 Å². The van der Waals surface area contributed by atoms with Crippen LogP contribution in [0.25, 0.3) is 6.08 Å². The van der Waals surface area contributed by atoms with Gasteiger partial charge in [-0.1, -0.05) is 59.9 Å². The molecule has 2 aromatic carbocycles. The topological polar surface area (TPSA) is 81.3 Å². The predicted octanol–water partition coefficient (Wildman–Crippen LogP) is 2.92. The molecule has 1 amide bonds. The van der Waals surface area contributed by atoms with Crippen molar-refractivity contribution in [3.8, 4) is 0 Å². The lowest BCUT2D eigenvalue weighted by atomic mass is 9.95. The van der Waals surface area contributed by atoms with Crippen LogP contribution in [0.1, 0.15) is 29.8 Å². The molecule has 3 heterocycles. The largest absolute Gasteiger partial charge is 0.322 e. The van der Waals surface area contributed by atoms with Gasteiger partial charge in [-0.2, -0.15) is 5.10 Å². The number of fused-ring (bicyclic) bond motifs is 1. The quantitative estimate of drug-likeness (QED) is 0.499. The first-order chi connectivity index (χ1) is 16.4. The number of hydrogen-bond donors (Lipinski definition) is 1. The molecule has 0 radical (unpaired) electrons. The maximum Gasteiger partial charge on any atom is 0.271 e. The van der Waals surface area contributed by atoms with Crippen molar-refractivity contribution in [3.05, 3.63) is 115 Å². The number of allylic oxidation sites excluding steroid dienone is 1. The van der Waals surface area contributed by atoms with Crippen molar-refractivity contribution >= 4 is 29.0 Å². The summed E-state index contributed by atoms with van der Waals surface area (Å²) >= 11 is 1.32. The van der Waals surface area contributed by atoms with Crippen LogP contribution in [-0.4, -0.2) is 20.3 Å². The summed E-state index contributed by atoms with van der Waals surface area (Å²) in [6, 6.07) is 18.3. The average Bonchev–Trinajstić information content (AvgIpc) is 3.32. The van der Waals surface area contributed by atoms with Crippen molar-refractivity contribution < 1.29 is 4.79 Å². The molecule has 0 spiro atoms. The van der Waals surface area contributed by atoms with E-state index in [4.69, 9.17) is 0 Å². The maximum absolute atomic E-state index is 13.7. The lowest BCUT2D eigenvalue weighted by molar-refractivity contribution is -0.113. The molecule has 7 nitrogen and oxygen atoms in total. The Kier molecular flexibility index (Phi) is 5.59. The average molecular weight is 470 g/mol. The molecule has 1 atom stereocenters. The Bertz CT molecular complexity index is 1590. The molecule has 8 heteroatoms. The number of thiazole rings is 1. The summed E-state index contributed by atoms with van der Waals surface area (Å²) in [5.41, 5.74) is 4.10. The molecule has 1 aliphatic rings. The molecule has 1 aliphatic heterocycles. The number of para-hydroxylation sites is 1. The number of aromatic nitrogens is 3. The fourth-order valence-electron chi connectivity index (χ4n) is 4.11. The first kappa shape index (κ1) is 21.8. The zero-order chi connectivity index (χ0) is 23.8. The van der Waals surface area contributed by atoms with Gasteiger partial charge in [0.15, 0.2) is 4.80 Å². The summed E-state index contributed by atoms with van der Waals surface area (Å²) in [6.07, 6.45) is 3.59. The van der Waals surface area contributed by atoms with Crippen LogP contribution in [-0.2, 0) is 11.8 Å². The van der Waals surface area contributed by atoms with Gasteiger partial charge in [-0.3, -0.25) is 18.8 Å². The Morgan fingerprint density at radius 1 is 1.06 bits per heavy atom. The number of carbonyl (C=O) groups is 1. The minimum Gasteiger partial charge on any atom is -0.322 e. The fraction of sp³-hybridized carbons (Fsp3) is 0.154. The number of benzene rings is 2. The van der Waals surface area contributed by atoms with Crippen LogP contribution < -0.4 is 20.2 Å². The SMILES string of the molecule is CC1=C(C(=O)Nc2ccccc2)C(c2cnn(C)c2C)n2c(s/c(=C/c3ccccc3)c2=O)=N1. The number of aryl methyl sites for hydroxylation is 1. The van der Waals surface area contributed by atoms with Gasteiger partial charge in [-0.25, -0.2) is 4.99 Å². The summed E-state index contributed by atoms with van der Waals surface area (Å²) in [7, 11) is 1.85. The lowest BCUT2D eigenvalue weighted by Gasteiger charge is -2.25. The van der Waals surface area contributed by atoms with E-state index in [1.54, 1.807) is 15.4 Å². The normalized spacial score (nSPS) is 15.7. The molecule has 34 heavy (non-hydrogen) atoms. The number of hydrogen-bond acceptors (Lipinski definition) is 5. The van der Waals surface area contributed by atoms with Crippen LogP contribution in [0.2, 0.25) is 0 Å². The molecule has 170 valence electrons. The van der Waals surface area contributed by atoms with Crippen molar-refractivity contribution in [1.82, 2.24) is 14.3 Å². The molecule has 0 fully saturated rings. The first-order valence-electron chi connectivity index (χ1n) is 10.9. The molecule has 0 saturated carbocycles. The standard InChI is InChI=1S/C26H23N5O2S/c1-16-22(24(32)29-19-12-8-5-9-13-19)23(20-15-27-30(3)17(20)2)31-25(33)21(34-26(31)28-16)14-18-10-6-4-7-11-18/h4-15,23H,1-3H3,(H,29,32)/b21-14+. The van der Waals surface area contributed by atoms with Crippen LogP contribution in [0.4, 0.5) is 5.69 Å². The number of rotatable bonds is 4. The third-order valence-corrected chi connectivity index (χ3v) is 6.95. The monoisotopic (exact) mass is 469 g/mol.